The quantitative estimate of drug-likeness (QED) is 0.297. The predicted molar refractivity (Wildman–Crippen MR) is 131 cm³/mol. The fourth-order valence-corrected chi connectivity index (χ4v) is 1.44. The summed E-state index contributed by atoms with van der Waals surface area (Å²) in [6, 6.07) is 12.0. The summed E-state index contributed by atoms with van der Waals surface area (Å²) >= 11 is 0. The minimum absolute atomic E-state index is 0. The van der Waals surface area contributed by atoms with Crippen LogP contribution in [-0.4, -0.2) is 33.5 Å². The van der Waals surface area contributed by atoms with Crippen LogP contribution >= 0.6 is 0 Å². The summed E-state index contributed by atoms with van der Waals surface area (Å²) in [5, 5.41) is 1.24. The number of benzene rings is 1. The number of carbonyl (C=O) groups excluding carboxylic acids is 1. The minimum Gasteiger partial charge on any atom is -0.275 e. The third-order valence-electron chi connectivity index (χ3n) is 2.83. The molecule has 0 N–H and O–H groups in total. The van der Waals surface area contributed by atoms with Gasteiger partial charge in [-0.1, -0.05) is 132 Å². The number of hydrogen-bond donors (Lipinski definition) is 0. The van der Waals surface area contributed by atoms with Crippen molar-refractivity contribution in [1.29, 1.82) is 0 Å². The van der Waals surface area contributed by atoms with Crippen LogP contribution in [-0.2, 0) is 9.63 Å². The molecule has 0 atom stereocenters. The van der Waals surface area contributed by atoms with E-state index in [0.717, 1.165) is 0 Å². The number of hydroxylamine groups is 2. The van der Waals surface area contributed by atoms with Crippen LogP contribution in [0.5, 0.6) is 0 Å². The van der Waals surface area contributed by atoms with Crippen molar-refractivity contribution in [2.45, 2.75) is 95.4 Å². The van der Waals surface area contributed by atoms with Crippen LogP contribution in [0.25, 0.3) is 0 Å². The Labute approximate surface area is 180 Å². The van der Waals surface area contributed by atoms with Gasteiger partial charge < -0.3 is 0 Å². The van der Waals surface area contributed by atoms with Gasteiger partial charge in [0.1, 0.15) is 0 Å². The zero-order chi connectivity index (χ0) is 21.4. The van der Waals surface area contributed by atoms with Crippen molar-refractivity contribution in [3.63, 3.8) is 0 Å². The first kappa shape index (κ1) is 41.2. The first-order valence-electron chi connectivity index (χ1n) is 10.1. The van der Waals surface area contributed by atoms with E-state index in [-0.39, 0.29) is 27.2 Å². The van der Waals surface area contributed by atoms with Crippen molar-refractivity contribution in [2.24, 2.45) is 5.41 Å². The third kappa shape index (κ3) is 35.8. The van der Waals surface area contributed by atoms with Crippen LogP contribution in [0.1, 0.15) is 95.4 Å². The lowest BCUT2D eigenvalue weighted by atomic mass is 9.96. The Morgan fingerprint density at radius 2 is 1.07 bits per heavy atom. The maximum atomic E-state index is 11.2. The molecule has 0 unspecified atom stereocenters. The van der Waals surface area contributed by atoms with Gasteiger partial charge in [-0.05, 0) is 0 Å². The number of unbranched alkanes of at least 4 members (excludes halogenated alkanes) is 3. The van der Waals surface area contributed by atoms with E-state index in [9.17, 15) is 4.79 Å². The molecule has 0 aliphatic rings. The number of amides is 1. The molecule has 4 heteroatoms. The van der Waals surface area contributed by atoms with E-state index >= 15 is 0 Å². The van der Waals surface area contributed by atoms with Crippen LogP contribution < -0.4 is 0 Å². The van der Waals surface area contributed by atoms with Crippen LogP contribution in [0.2, 0.25) is 0 Å². The van der Waals surface area contributed by atoms with E-state index in [2.05, 4.69) is 13.8 Å². The van der Waals surface area contributed by atoms with Crippen molar-refractivity contribution < 1.29 is 9.63 Å². The number of rotatable bonds is 4. The topological polar surface area (TPSA) is 29.5 Å². The fraction of sp³-hybridized carbons (Fsp3) is 0.708. The molecule has 3 nitrogen and oxygen atoms in total. The molecule has 1 amide bonds. The smallest absolute Gasteiger partial charge is 0.251 e. The Kier molecular flexibility index (Phi) is 49.0. The number of hydrogen-bond acceptors (Lipinski definition) is 2. The monoisotopic (exact) mass is 396 g/mol. The minimum atomic E-state index is -0.356. The highest BCUT2D eigenvalue weighted by Crippen LogP contribution is 2.15. The molecule has 28 heavy (non-hydrogen) atoms. The Bertz CT molecular complexity index is 321. The second kappa shape index (κ2) is 33.3. The molecule has 0 saturated carbocycles. The number of nitrogens with zero attached hydrogens (tertiary/aromatic N) is 1. The molecule has 0 saturated heterocycles. The van der Waals surface area contributed by atoms with Gasteiger partial charge in [0.25, 0.3) is 5.91 Å². The van der Waals surface area contributed by atoms with Gasteiger partial charge in [-0.25, -0.2) is 5.06 Å². The Morgan fingerprint density at radius 3 is 1.18 bits per heavy atom. The summed E-state index contributed by atoms with van der Waals surface area (Å²) in [5.41, 5.74) is -0.356. The second-order valence-corrected chi connectivity index (χ2v) is 6.10. The molecule has 0 heterocycles. The van der Waals surface area contributed by atoms with E-state index in [1.165, 1.54) is 37.9 Å². The summed E-state index contributed by atoms with van der Waals surface area (Å²) in [7, 11) is 3.08. The molecule has 0 aliphatic carbocycles. The van der Waals surface area contributed by atoms with Crippen LogP contribution in [0.15, 0.2) is 36.4 Å². The van der Waals surface area contributed by atoms with Crippen LogP contribution in [0, 0.1) is 5.41 Å². The Hall–Kier alpha value is -1.29. The second-order valence-electron chi connectivity index (χ2n) is 6.10. The molecule has 1 rings (SSSR count). The summed E-state index contributed by atoms with van der Waals surface area (Å²) in [5.74, 6) is -0.0185. The third-order valence-corrected chi connectivity index (χ3v) is 2.83. The SMILES string of the molecule is C.CC.CC.CCCCCC.CON(C)C(=O)C(C)(C)C.[B].c1ccccc1. The normalized spacial score (nSPS) is 8.11. The lowest BCUT2D eigenvalue weighted by Crippen LogP contribution is -2.35. The van der Waals surface area contributed by atoms with Gasteiger partial charge in [0, 0.05) is 20.9 Å². The zero-order valence-electron chi connectivity index (χ0n) is 20.1. The first-order chi connectivity index (χ1) is 12.3. The highest BCUT2D eigenvalue weighted by Gasteiger charge is 2.24. The van der Waals surface area contributed by atoms with Gasteiger partial charge in [-0.15, -0.1) is 0 Å². The van der Waals surface area contributed by atoms with E-state index in [1.807, 2.05) is 84.9 Å². The van der Waals surface area contributed by atoms with Crippen LogP contribution in [0.3, 0.4) is 0 Å². The summed E-state index contributed by atoms with van der Waals surface area (Å²) in [6.45, 7) is 18.0. The summed E-state index contributed by atoms with van der Waals surface area (Å²) in [6.07, 6.45) is 5.54. The largest absolute Gasteiger partial charge is 0.275 e. The summed E-state index contributed by atoms with van der Waals surface area (Å²) in [4.78, 5) is 15.9. The molecule has 0 aromatic heterocycles. The molecule has 3 radical (unpaired) electrons. The maximum absolute atomic E-state index is 11.2. The number of carbonyl (C=O) groups is 1. The molecular formula is C24H51BNO2. The molecule has 0 bridgehead atoms. The molecule has 167 valence electrons. The Morgan fingerprint density at radius 1 is 0.821 bits per heavy atom. The van der Waals surface area contributed by atoms with E-state index in [1.54, 1.807) is 7.05 Å². The lowest BCUT2D eigenvalue weighted by Gasteiger charge is -2.23. The van der Waals surface area contributed by atoms with Crippen molar-refractivity contribution in [2.75, 3.05) is 14.2 Å². The Balaban J connectivity index is -0.0000000592. The molecule has 0 fully saturated rings. The summed E-state index contributed by atoms with van der Waals surface area (Å²) < 4.78 is 0. The van der Waals surface area contributed by atoms with Gasteiger partial charge in [-0.3, -0.25) is 9.63 Å². The van der Waals surface area contributed by atoms with Crippen molar-refractivity contribution in [3.8, 4) is 0 Å². The van der Waals surface area contributed by atoms with Crippen molar-refractivity contribution in [3.05, 3.63) is 36.4 Å². The predicted octanol–water partition coefficient (Wildman–Crippen LogP) is 7.63. The van der Waals surface area contributed by atoms with E-state index < -0.39 is 0 Å². The molecule has 0 spiro atoms. The van der Waals surface area contributed by atoms with Gasteiger partial charge in [0.05, 0.1) is 7.11 Å². The lowest BCUT2D eigenvalue weighted by molar-refractivity contribution is -0.177. The standard InChI is InChI=1S/C7H15NO2.C6H6.C6H14.2C2H6.CH4.B/c1-7(2,3)6(9)8(4)10-5;1-2-4-6-5-3-1;1-3-5-6-4-2;2*1-2;;/h1-5H3;1-6H;3-6H2,1-2H3;2*1-2H3;1H4;. The van der Waals surface area contributed by atoms with Gasteiger partial charge in [0.2, 0.25) is 0 Å². The highest BCUT2D eigenvalue weighted by atomic mass is 16.7. The maximum Gasteiger partial charge on any atom is 0.251 e. The highest BCUT2D eigenvalue weighted by molar-refractivity contribution is 5.80. The van der Waals surface area contributed by atoms with E-state index in [4.69, 9.17) is 4.84 Å². The first-order valence-corrected chi connectivity index (χ1v) is 10.1. The zero-order valence-corrected chi connectivity index (χ0v) is 20.1. The molecule has 1 aromatic rings. The van der Waals surface area contributed by atoms with Gasteiger partial charge in [0.15, 0.2) is 0 Å². The molecular weight excluding hydrogens is 345 g/mol. The average molecular weight is 396 g/mol. The van der Waals surface area contributed by atoms with Crippen molar-refractivity contribution >= 4 is 14.3 Å². The van der Waals surface area contributed by atoms with Gasteiger partial charge in [-0.2, -0.15) is 0 Å². The van der Waals surface area contributed by atoms with E-state index in [0.29, 0.717) is 0 Å². The fourth-order valence-electron chi connectivity index (χ4n) is 1.44. The van der Waals surface area contributed by atoms with Crippen LogP contribution in [0.4, 0.5) is 0 Å². The average Bonchev–Trinajstić information content (AvgIpc) is 2.69. The molecule has 0 aliphatic heterocycles. The van der Waals surface area contributed by atoms with Crippen molar-refractivity contribution in [1.82, 2.24) is 5.06 Å². The van der Waals surface area contributed by atoms with Gasteiger partial charge >= 0.3 is 0 Å². The molecule has 1 aromatic carbocycles.